The Labute approximate surface area is 155 Å². The molecule has 3 amide bonds. The number of nitrogens with one attached hydrogen (secondary N) is 3. The number of hydrogen-bond acceptors (Lipinski definition) is 4. The number of amides is 3. The fourth-order valence-corrected chi connectivity index (χ4v) is 2.46. The Hall–Kier alpha value is -3.26. The number of benzene rings is 2. The van der Waals surface area contributed by atoms with Crippen molar-refractivity contribution in [2.45, 2.75) is 13.0 Å². The number of carbonyl (C=O) groups excluding carboxylic acids is 3. The Kier molecular flexibility index (Phi) is 6.62. The molecule has 2 rings (SSSR count). The van der Waals surface area contributed by atoms with Crippen molar-refractivity contribution in [3.05, 3.63) is 65.0 Å². The van der Waals surface area contributed by atoms with E-state index in [4.69, 9.17) is 0 Å². The van der Waals surface area contributed by atoms with Crippen molar-refractivity contribution >= 4 is 23.4 Å². The summed E-state index contributed by atoms with van der Waals surface area (Å²) < 4.78 is 13.6. The third kappa shape index (κ3) is 4.89. The quantitative estimate of drug-likeness (QED) is 0.592. The van der Waals surface area contributed by atoms with Gasteiger partial charge in [-0.15, -0.1) is 0 Å². The van der Waals surface area contributed by atoms with Gasteiger partial charge >= 0.3 is 11.8 Å². The van der Waals surface area contributed by atoms with Crippen LogP contribution < -0.4 is 16.0 Å². The maximum absolute atomic E-state index is 13.6. The van der Waals surface area contributed by atoms with Crippen LogP contribution in [0.2, 0.25) is 0 Å². The molecule has 0 saturated carbocycles. The Bertz CT molecular complexity index is 870. The molecular weight excluding hydrogens is 353 g/mol. The van der Waals surface area contributed by atoms with Crippen LogP contribution in [0.25, 0.3) is 0 Å². The molecule has 0 aliphatic heterocycles. The summed E-state index contributed by atoms with van der Waals surface area (Å²) >= 11 is 0. The van der Waals surface area contributed by atoms with E-state index in [1.165, 1.54) is 25.2 Å². The summed E-state index contributed by atoms with van der Waals surface area (Å²) in [6.07, 6.45) is -1.29. The summed E-state index contributed by atoms with van der Waals surface area (Å²) in [4.78, 5) is 35.8. The highest BCUT2D eigenvalue weighted by Crippen LogP contribution is 2.19. The molecule has 142 valence electrons. The Morgan fingerprint density at radius 1 is 1.07 bits per heavy atom. The van der Waals surface area contributed by atoms with E-state index in [1.54, 1.807) is 31.2 Å². The van der Waals surface area contributed by atoms with Crippen molar-refractivity contribution in [2.75, 3.05) is 18.9 Å². The van der Waals surface area contributed by atoms with Crippen LogP contribution in [0.4, 0.5) is 10.1 Å². The first-order valence-corrected chi connectivity index (χ1v) is 8.18. The van der Waals surface area contributed by atoms with E-state index in [1.807, 2.05) is 0 Å². The zero-order valence-electron chi connectivity index (χ0n) is 14.9. The highest BCUT2D eigenvalue weighted by Gasteiger charge is 2.19. The molecule has 2 aromatic rings. The number of hydrogen-bond donors (Lipinski definition) is 4. The van der Waals surface area contributed by atoms with E-state index >= 15 is 0 Å². The van der Waals surface area contributed by atoms with Crippen LogP contribution in [-0.2, 0) is 9.59 Å². The predicted octanol–water partition coefficient (Wildman–Crippen LogP) is 1.28. The number of rotatable bonds is 5. The number of aliphatic hydroxyl groups excluding tert-OH is 1. The minimum absolute atomic E-state index is 0.0207. The molecule has 8 heteroatoms. The molecule has 0 heterocycles. The molecule has 0 fully saturated rings. The number of aliphatic hydroxyl groups is 1. The van der Waals surface area contributed by atoms with Crippen molar-refractivity contribution in [1.29, 1.82) is 0 Å². The van der Waals surface area contributed by atoms with Gasteiger partial charge in [0.15, 0.2) is 0 Å². The van der Waals surface area contributed by atoms with E-state index in [-0.39, 0.29) is 18.0 Å². The van der Waals surface area contributed by atoms with Crippen LogP contribution in [-0.4, -0.2) is 36.4 Å². The lowest BCUT2D eigenvalue weighted by molar-refractivity contribution is -0.136. The van der Waals surface area contributed by atoms with E-state index in [2.05, 4.69) is 16.0 Å². The smallest absolute Gasteiger partial charge is 0.313 e. The molecule has 4 N–H and O–H groups in total. The average Bonchev–Trinajstić information content (AvgIpc) is 2.67. The first-order valence-electron chi connectivity index (χ1n) is 8.18. The van der Waals surface area contributed by atoms with Crippen LogP contribution >= 0.6 is 0 Å². The largest absolute Gasteiger partial charge is 0.386 e. The second-order valence-corrected chi connectivity index (χ2v) is 5.76. The first kappa shape index (κ1) is 20.1. The van der Waals surface area contributed by atoms with Gasteiger partial charge < -0.3 is 21.1 Å². The fraction of sp³-hybridized carbons (Fsp3) is 0.211. The van der Waals surface area contributed by atoms with Gasteiger partial charge in [0.1, 0.15) is 5.82 Å². The number of halogens is 1. The minimum atomic E-state index is -1.29. The van der Waals surface area contributed by atoms with Gasteiger partial charge in [0.05, 0.1) is 6.10 Å². The minimum Gasteiger partial charge on any atom is -0.386 e. The fourth-order valence-electron chi connectivity index (χ4n) is 2.46. The molecule has 0 aromatic heterocycles. The molecule has 0 spiro atoms. The second kappa shape index (κ2) is 8.91. The lowest BCUT2D eigenvalue weighted by Crippen LogP contribution is -2.38. The van der Waals surface area contributed by atoms with Gasteiger partial charge in [-0.2, -0.15) is 0 Å². The summed E-state index contributed by atoms with van der Waals surface area (Å²) in [7, 11) is 1.49. The van der Waals surface area contributed by atoms with Crippen LogP contribution in [0, 0.1) is 12.7 Å². The second-order valence-electron chi connectivity index (χ2n) is 5.76. The van der Waals surface area contributed by atoms with Gasteiger partial charge in [0.2, 0.25) is 0 Å². The van der Waals surface area contributed by atoms with Crippen molar-refractivity contribution in [3.8, 4) is 0 Å². The summed E-state index contributed by atoms with van der Waals surface area (Å²) in [5.41, 5.74) is 1.20. The number of carbonyl (C=O) groups is 3. The molecule has 0 aliphatic rings. The zero-order valence-corrected chi connectivity index (χ0v) is 14.9. The Balaban J connectivity index is 1.99. The SMILES string of the molecule is CNC(=O)c1cccc(NC(=O)C(=O)NC[C@H](O)c2ccccc2F)c1C. The molecule has 0 saturated heterocycles. The molecule has 0 aliphatic carbocycles. The predicted molar refractivity (Wildman–Crippen MR) is 97.6 cm³/mol. The van der Waals surface area contributed by atoms with Crippen LogP contribution in [0.1, 0.15) is 27.6 Å². The topological polar surface area (TPSA) is 108 Å². The van der Waals surface area contributed by atoms with Gasteiger partial charge in [0, 0.05) is 30.4 Å². The van der Waals surface area contributed by atoms with Crippen molar-refractivity contribution < 1.29 is 23.9 Å². The summed E-state index contributed by atoms with van der Waals surface area (Å²) in [5.74, 6) is -2.88. The molecular formula is C19H20FN3O4. The van der Waals surface area contributed by atoms with Crippen molar-refractivity contribution in [2.24, 2.45) is 0 Å². The van der Waals surface area contributed by atoms with E-state index in [9.17, 15) is 23.9 Å². The number of anilines is 1. The Morgan fingerprint density at radius 2 is 1.78 bits per heavy atom. The van der Waals surface area contributed by atoms with Crippen molar-refractivity contribution in [3.63, 3.8) is 0 Å². The summed E-state index contributed by atoms with van der Waals surface area (Å²) in [6.45, 7) is 1.31. The van der Waals surface area contributed by atoms with Crippen LogP contribution in [0.15, 0.2) is 42.5 Å². The lowest BCUT2D eigenvalue weighted by Gasteiger charge is -2.14. The highest BCUT2D eigenvalue weighted by molar-refractivity contribution is 6.39. The van der Waals surface area contributed by atoms with Crippen molar-refractivity contribution in [1.82, 2.24) is 10.6 Å². The van der Waals surface area contributed by atoms with Gasteiger partial charge in [-0.1, -0.05) is 24.3 Å². The molecule has 0 bridgehead atoms. The normalized spacial score (nSPS) is 11.4. The first-order chi connectivity index (χ1) is 12.8. The van der Waals surface area contributed by atoms with Gasteiger partial charge in [-0.3, -0.25) is 14.4 Å². The van der Waals surface area contributed by atoms with Gasteiger partial charge in [0.25, 0.3) is 5.91 Å². The standard InChI is InChI=1S/C19H20FN3O4/c1-11-12(17(25)21-2)7-5-9-15(11)23-19(27)18(26)22-10-16(24)13-6-3-4-8-14(13)20/h3-9,16,24H,10H2,1-2H3,(H,21,25)(H,22,26)(H,23,27)/t16-/m0/s1. The zero-order chi connectivity index (χ0) is 20.0. The third-order valence-corrected chi connectivity index (χ3v) is 3.98. The van der Waals surface area contributed by atoms with Gasteiger partial charge in [-0.05, 0) is 30.7 Å². The monoisotopic (exact) mass is 373 g/mol. The summed E-state index contributed by atoms with van der Waals surface area (Å²) in [6, 6.07) is 10.3. The van der Waals surface area contributed by atoms with Crippen LogP contribution in [0.5, 0.6) is 0 Å². The maximum Gasteiger partial charge on any atom is 0.313 e. The molecule has 1 atom stereocenters. The molecule has 0 radical (unpaired) electrons. The lowest BCUT2D eigenvalue weighted by atomic mass is 10.1. The highest BCUT2D eigenvalue weighted by atomic mass is 19.1. The van der Waals surface area contributed by atoms with Crippen LogP contribution in [0.3, 0.4) is 0 Å². The maximum atomic E-state index is 13.6. The Morgan fingerprint density at radius 3 is 2.44 bits per heavy atom. The molecule has 7 nitrogen and oxygen atoms in total. The van der Waals surface area contributed by atoms with E-state index < -0.39 is 23.7 Å². The van der Waals surface area contributed by atoms with E-state index in [0.29, 0.717) is 16.8 Å². The van der Waals surface area contributed by atoms with Gasteiger partial charge in [-0.25, -0.2) is 4.39 Å². The molecule has 0 unspecified atom stereocenters. The average molecular weight is 373 g/mol. The van der Waals surface area contributed by atoms with E-state index in [0.717, 1.165) is 0 Å². The third-order valence-electron chi connectivity index (χ3n) is 3.98. The molecule has 27 heavy (non-hydrogen) atoms. The summed E-state index contributed by atoms with van der Waals surface area (Å²) in [5, 5.41) is 17.1. The molecule has 2 aromatic carbocycles.